The van der Waals surface area contributed by atoms with Crippen molar-refractivity contribution in [2.75, 3.05) is 18.1 Å². The maximum Gasteiger partial charge on any atom is 0.307 e. The number of carbonyl (C=O) groups is 2. The summed E-state index contributed by atoms with van der Waals surface area (Å²) in [5.41, 5.74) is 0.792. The van der Waals surface area contributed by atoms with Gasteiger partial charge < -0.3 is 9.84 Å². The van der Waals surface area contributed by atoms with Crippen LogP contribution in [0.15, 0.2) is 42.5 Å². The molecule has 25 heavy (non-hydrogen) atoms. The second-order valence-corrected chi connectivity index (χ2v) is 8.06. The van der Waals surface area contributed by atoms with Crippen molar-refractivity contribution in [1.82, 2.24) is 0 Å². The van der Waals surface area contributed by atoms with Crippen molar-refractivity contribution >= 4 is 32.5 Å². The van der Waals surface area contributed by atoms with E-state index in [1.807, 2.05) is 42.5 Å². The molecule has 0 spiro atoms. The number of sulfone groups is 1. The number of ether oxygens (including phenoxy) is 1. The third kappa shape index (κ3) is 5.56. The fourth-order valence-corrected chi connectivity index (χ4v) is 4.03. The minimum absolute atomic E-state index is 0.115. The van der Waals surface area contributed by atoms with Crippen LogP contribution in [0.1, 0.15) is 12.5 Å². The van der Waals surface area contributed by atoms with Gasteiger partial charge in [-0.2, -0.15) is 0 Å². The van der Waals surface area contributed by atoms with Crippen molar-refractivity contribution in [2.24, 2.45) is 5.92 Å². The molecule has 0 aliphatic rings. The van der Waals surface area contributed by atoms with E-state index < -0.39 is 33.4 Å². The first kappa shape index (κ1) is 18.9. The highest BCUT2D eigenvalue weighted by Crippen LogP contribution is 2.22. The van der Waals surface area contributed by atoms with Gasteiger partial charge in [0.1, 0.15) is 6.61 Å². The van der Waals surface area contributed by atoms with Gasteiger partial charge in [-0.25, -0.2) is 8.42 Å². The number of carboxylic acids is 1. The summed E-state index contributed by atoms with van der Waals surface area (Å²) in [5.74, 6) is -3.67. The van der Waals surface area contributed by atoms with Crippen molar-refractivity contribution < 1.29 is 27.9 Å². The van der Waals surface area contributed by atoms with E-state index in [0.29, 0.717) is 0 Å². The van der Waals surface area contributed by atoms with Gasteiger partial charge in [0.15, 0.2) is 9.84 Å². The van der Waals surface area contributed by atoms with Crippen LogP contribution in [0.2, 0.25) is 0 Å². The summed E-state index contributed by atoms with van der Waals surface area (Å²) in [5, 5.41) is 11.3. The SMILES string of the molecule is CC(=O)OCCS(=O)(=O)CC(Cc1cccc2ccccc12)C(=O)O. The summed E-state index contributed by atoms with van der Waals surface area (Å²) in [6, 6.07) is 13.1. The third-order valence-corrected chi connectivity index (χ3v) is 5.55. The number of rotatable bonds is 8. The molecule has 1 atom stereocenters. The van der Waals surface area contributed by atoms with Crippen LogP contribution in [0.25, 0.3) is 10.8 Å². The lowest BCUT2D eigenvalue weighted by Crippen LogP contribution is -2.28. The molecule has 0 fully saturated rings. The summed E-state index contributed by atoms with van der Waals surface area (Å²) in [6.07, 6.45) is 0.115. The summed E-state index contributed by atoms with van der Waals surface area (Å²) in [7, 11) is -3.65. The predicted molar refractivity (Wildman–Crippen MR) is 94.1 cm³/mol. The number of aliphatic carboxylic acids is 1. The smallest absolute Gasteiger partial charge is 0.307 e. The molecule has 7 heteroatoms. The Hall–Kier alpha value is -2.41. The fourth-order valence-electron chi connectivity index (χ4n) is 2.66. The molecule has 0 aliphatic heterocycles. The van der Waals surface area contributed by atoms with Gasteiger partial charge in [-0.3, -0.25) is 9.59 Å². The van der Waals surface area contributed by atoms with Crippen molar-refractivity contribution in [3.8, 4) is 0 Å². The molecule has 0 aliphatic carbocycles. The minimum Gasteiger partial charge on any atom is -0.481 e. The van der Waals surface area contributed by atoms with Crippen LogP contribution in [-0.4, -0.2) is 43.6 Å². The Morgan fingerprint density at radius 1 is 1.12 bits per heavy atom. The number of hydrogen-bond donors (Lipinski definition) is 1. The van der Waals surface area contributed by atoms with E-state index in [9.17, 15) is 23.1 Å². The van der Waals surface area contributed by atoms with E-state index in [1.165, 1.54) is 6.92 Å². The lowest BCUT2D eigenvalue weighted by atomic mass is 9.96. The van der Waals surface area contributed by atoms with Gasteiger partial charge in [-0.1, -0.05) is 42.5 Å². The van der Waals surface area contributed by atoms with Crippen molar-refractivity contribution in [3.63, 3.8) is 0 Å². The summed E-state index contributed by atoms with van der Waals surface area (Å²) < 4.78 is 28.9. The first-order valence-electron chi connectivity index (χ1n) is 7.82. The van der Waals surface area contributed by atoms with Gasteiger partial charge in [0.2, 0.25) is 0 Å². The Morgan fingerprint density at radius 2 is 1.80 bits per heavy atom. The Labute approximate surface area is 146 Å². The maximum absolute atomic E-state index is 12.1. The van der Waals surface area contributed by atoms with Gasteiger partial charge in [0.05, 0.1) is 17.4 Å². The second kappa shape index (κ2) is 8.11. The number of hydrogen-bond acceptors (Lipinski definition) is 5. The quantitative estimate of drug-likeness (QED) is 0.720. The van der Waals surface area contributed by atoms with Crippen LogP contribution in [0.5, 0.6) is 0 Å². The van der Waals surface area contributed by atoms with Crippen LogP contribution in [0, 0.1) is 5.92 Å². The summed E-state index contributed by atoms with van der Waals surface area (Å²) in [6.45, 7) is 0.922. The van der Waals surface area contributed by atoms with Crippen LogP contribution in [-0.2, 0) is 30.6 Å². The van der Waals surface area contributed by atoms with Crippen molar-refractivity contribution in [1.29, 1.82) is 0 Å². The van der Waals surface area contributed by atoms with Crippen LogP contribution in [0.4, 0.5) is 0 Å². The van der Waals surface area contributed by atoms with Crippen molar-refractivity contribution in [2.45, 2.75) is 13.3 Å². The molecule has 134 valence electrons. The van der Waals surface area contributed by atoms with E-state index >= 15 is 0 Å². The summed E-state index contributed by atoms with van der Waals surface area (Å²) in [4.78, 5) is 22.3. The van der Waals surface area contributed by atoms with Gasteiger partial charge in [0, 0.05) is 6.92 Å². The zero-order valence-electron chi connectivity index (χ0n) is 13.8. The minimum atomic E-state index is -3.65. The van der Waals surface area contributed by atoms with Gasteiger partial charge in [-0.05, 0) is 22.8 Å². The van der Waals surface area contributed by atoms with E-state index in [-0.39, 0.29) is 18.8 Å². The van der Waals surface area contributed by atoms with E-state index in [1.54, 1.807) is 0 Å². The monoisotopic (exact) mass is 364 g/mol. The molecule has 0 aromatic heterocycles. The highest BCUT2D eigenvalue weighted by atomic mass is 32.2. The molecule has 1 unspecified atom stereocenters. The second-order valence-electron chi connectivity index (χ2n) is 5.83. The molecule has 2 aromatic carbocycles. The molecule has 6 nitrogen and oxygen atoms in total. The zero-order chi connectivity index (χ0) is 18.4. The van der Waals surface area contributed by atoms with Crippen LogP contribution < -0.4 is 0 Å². The average molecular weight is 364 g/mol. The fraction of sp³-hybridized carbons (Fsp3) is 0.333. The Morgan fingerprint density at radius 3 is 2.48 bits per heavy atom. The molecular formula is C18H20O6S. The number of esters is 1. The maximum atomic E-state index is 12.1. The first-order chi connectivity index (χ1) is 11.8. The lowest BCUT2D eigenvalue weighted by molar-refractivity contribution is -0.141. The molecule has 0 radical (unpaired) electrons. The molecule has 2 aromatic rings. The standard InChI is InChI=1S/C18H20O6S/c1-13(19)24-9-10-25(22,23)12-16(18(20)21)11-15-7-4-6-14-5-2-3-8-17(14)15/h2-8,16H,9-12H2,1H3,(H,20,21). The molecule has 0 saturated carbocycles. The third-order valence-electron chi connectivity index (χ3n) is 3.85. The first-order valence-corrected chi connectivity index (χ1v) is 9.64. The molecule has 1 N–H and O–H groups in total. The Balaban J connectivity index is 2.15. The van der Waals surface area contributed by atoms with Crippen molar-refractivity contribution in [3.05, 3.63) is 48.0 Å². The van der Waals surface area contributed by atoms with Crippen LogP contribution >= 0.6 is 0 Å². The van der Waals surface area contributed by atoms with E-state index in [0.717, 1.165) is 16.3 Å². The lowest BCUT2D eigenvalue weighted by Gasteiger charge is -2.14. The Kier molecular flexibility index (Phi) is 6.14. The summed E-state index contributed by atoms with van der Waals surface area (Å²) >= 11 is 0. The average Bonchev–Trinajstić information content (AvgIpc) is 2.53. The molecule has 0 heterocycles. The van der Waals surface area contributed by atoms with E-state index in [2.05, 4.69) is 4.74 Å². The number of fused-ring (bicyclic) bond motifs is 1. The number of benzene rings is 2. The van der Waals surface area contributed by atoms with Gasteiger partial charge in [0.25, 0.3) is 0 Å². The highest BCUT2D eigenvalue weighted by molar-refractivity contribution is 7.91. The normalized spacial score (nSPS) is 12.7. The molecule has 0 bridgehead atoms. The largest absolute Gasteiger partial charge is 0.481 e. The van der Waals surface area contributed by atoms with Gasteiger partial charge in [-0.15, -0.1) is 0 Å². The molecule has 2 rings (SSSR count). The molecular weight excluding hydrogens is 344 g/mol. The topological polar surface area (TPSA) is 97.7 Å². The predicted octanol–water partition coefficient (Wildman–Crippen LogP) is 2.06. The number of carbonyl (C=O) groups excluding carboxylic acids is 1. The molecule has 0 amide bonds. The Bertz CT molecular complexity index is 867. The highest BCUT2D eigenvalue weighted by Gasteiger charge is 2.26. The molecule has 0 saturated heterocycles. The van der Waals surface area contributed by atoms with Crippen LogP contribution in [0.3, 0.4) is 0 Å². The van der Waals surface area contributed by atoms with E-state index in [4.69, 9.17) is 0 Å². The zero-order valence-corrected chi connectivity index (χ0v) is 14.7. The van der Waals surface area contributed by atoms with Gasteiger partial charge >= 0.3 is 11.9 Å². The number of carboxylic acid groups (broad SMARTS) is 1.